The summed E-state index contributed by atoms with van der Waals surface area (Å²) in [5.41, 5.74) is 3.38. The van der Waals surface area contributed by atoms with Crippen LogP contribution in [0.2, 0.25) is 0 Å². The highest BCUT2D eigenvalue weighted by Gasteiger charge is 2.23. The molecule has 0 bridgehead atoms. The van der Waals surface area contributed by atoms with E-state index in [4.69, 9.17) is 9.15 Å². The van der Waals surface area contributed by atoms with Gasteiger partial charge in [-0.05, 0) is 43.3 Å². The number of carbonyl (C=O) groups excluding carboxylic acids is 1. The first-order valence-electron chi connectivity index (χ1n) is 9.15. The topological polar surface area (TPSA) is 77.2 Å². The molecule has 0 aliphatic rings. The first-order chi connectivity index (χ1) is 14.2. The van der Waals surface area contributed by atoms with Crippen molar-refractivity contribution in [3.8, 4) is 17.2 Å². The Morgan fingerprint density at radius 1 is 0.966 bits per heavy atom. The number of carbonyl (C=O) groups is 1. The maximum Gasteiger partial charge on any atom is 0.270 e. The third kappa shape index (κ3) is 4.50. The van der Waals surface area contributed by atoms with Crippen molar-refractivity contribution in [2.75, 3.05) is 5.32 Å². The molecule has 1 aromatic heterocycles. The second-order valence-corrected chi connectivity index (χ2v) is 6.53. The van der Waals surface area contributed by atoms with Gasteiger partial charge in [-0.2, -0.15) is 0 Å². The van der Waals surface area contributed by atoms with Gasteiger partial charge < -0.3 is 14.5 Å². The minimum absolute atomic E-state index is 0.249. The third-order valence-corrected chi connectivity index (χ3v) is 4.37. The molecule has 1 N–H and O–H groups in total. The van der Waals surface area contributed by atoms with Crippen molar-refractivity contribution in [2.45, 2.75) is 13.0 Å². The number of rotatable bonds is 6. The normalized spacial score (nSPS) is 11.6. The molecule has 0 radical (unpaired) electrons. The molecule has 0 saturated carbocycles. The van der Waals surface area contributed by atoms with Gasteiger partial charge >= 0.3 is 0 Å². The molecule has 0 saturated heterocycles. The Kier molecular flexibility index (Phi) is 5.33. The molecule has 4 aromatic rings. The van der Waals surface area contributed by atoms with E-state index in [1.165, 1.54) is 6.39 Å². The summed E-state index contributed by atoms with van der Waals surface area (Å²) >= 11 is 0. The Morgan fingerprint density at radius 3 is 2.34 bits per heavy atom. The molecule has 1 heterocycles. The lowest BCUT2D eigenvalue weighted by molar-refractivity contribution is -0.123. The van der Waals surface area contributed by atoms with E-state index in [0.717, 1.165) is 22.4 Å². The van der Waals surface area contributed by atoms with Crippen LogP contribution in [0.3, 0.4) is 0 Å². The number of nitrogens with zero attached hydrogens (tertiary/aromatic N) is 2. The number of ether oxygens (including phenoxy) is 1. The Hall–Kier alpha value is -3.93. The van der Waals surface area contributed by atoms with E-state index in [0.29, 0.717) is 11.6 Å². The minimum Gasteiger partial charge on any atom is -0.476 e. The van der Waals surface area contributed by atoms with Crippen molar-refractivity contribution in [1.29, 1.82) is 0 Å². The van der Waals surface area contributed by atoms with Crippen LogP contribution < -0.4 is 10.1 Å². The summed E-state index contributed by atoms with van der Waals surface area (Å²) in [4.78, 5) is 13.0. The van der Waals surface area contributed by atoms with Gasteiger partial charge in [-0.1, -0.05) is 48.0 Å². The van der Waals surface area contributed by atoms with Gasteiger partial charge in [0.25, 0.3) is 5.91 Å². The van der Waals surface area contributed by atoms with E-state index in [1.807, 2.05) is 73.7 Å². The maximum absolute atomic E-state index is 13.0. The molecular formula is C23H19N3O3. The first kappa shape index (κ1) is 18.4. The van der Waals surface area contributed by atoms with E-state index < -0.39 is 6.10 Å². The molecule has 29 heavy (non-hydrogen) atoms. The number of hydrogen-bond donors (Lipinski definition) is 1. The molecule has 0 aliphatic heterocycles. The fourth-order valence-corrected chi connectivity index (χ4v) is 2.86. The van der Waals surface area contributed by atoms with Crippen molar-refractivity contribution in [3.05, 3.63) is 96.4 Å². The van der Waals surface area contributed by atoms with Crippen LogP contribution in [0.1, 0.15) is 17.2 Å². The molecular weight excluding hydrogens is 366 g/mol. The van der Waals surface area contributed by atoms with Crippen LogP contribution in [-0.2, 0) is 4.79 Å². The van der Waals surface area contributed by atoms with Crippen molar-refractivity contribution < 1.29 is 13.9 Å². The lowest BCUT2D eigenvalue weighted by atomic mass is 10.1. The monoisotopic (exact) mass is 385 g/mol. The van der Waals surface area contributed by atoms with Gasteiger partial charge in [-0.25, -0.2) is 0 Å². The highest BCUT2D eigenvalue weighted by Crippen LogP contribution is 2.26. The standard InChI is InChI=1S/C23H19N3O3/c1-16-7-11-19(12-8-16)25-22(27)21(17-5-3-2-4-6-17)29-20-13-9-18(10-14-20)23-26-24-15-28-23/h2-15,21H,1H3,(H,25,27)/t21-/m0/s1. The summed E-state index contributed by atoms with van der Waals surface area (Å²) in [5.74, 6) is 0.732. The van der Waals surface area contributed by atoms with Crippen LogP contribution in [0.15, 0.2) is 89.7 Å². The summed E-state index contributed by atoms with van der Waals surface area (Å²) in [7, 11) is 0. The van der Waals surface area contributed by atoms with Gasteiger partial charge in [0.05, 0.1) is 0 Å². The highest BCUT2D eigenvalue weighted by molar-refractivity contribution is 5.95. The Labute approximate surface area is 168 Å². The van der Waals surface area contributed by atoms with Crippen molar-refractivity contribution in [1.82, 2.24) is 10.2 Å². The highest BCUT2D eigenvalue weighted by atomic mass is 16.5. The molecule has 6 nitrogen and oxygen atoms in total. The lowest BCUT2D eigenvalue weighted by Crippen LogP contribution is -2.25. The number of amides is 1. The molecule has 144 valence electrons. The van der Waals surface area contributed by atoms with Gasteiger partial charge in [0.15, 0.2) is 0 Å². The van der Waals surface area contributed by atoms with Gasteiger partial charge in [-0.3, -0.25) is 4.79 Å². The summed E-state index contributed by atoms with van der Waals surface area (Å²) in [6, 6.07) is 24.2. The Morgan fingerprint density at radius 2 is 1.69 bits per heavy atom. The molecule has 1 amide bonds. The predicted molar refractivity (Wildman–Crippen MR) is 109 cm³/mol. The number of aromatic nitrogens is 2. The van der Waals surface area contributed by atoms with Crippen LogP contribution in [-0.4, -0.2) is 16.1 Å². The van der Waals surface area contributed by atoms with Crippen molar-refractivity contribution in [2.24, 2.45) is 0 Å². The van der Waals surface area contributed by atoms with E-state index in [2.05, 4.69) is 15.5 Å². The Balaban J connectivity index is 1.56. The lowest BCUT2D eigenvalue weighted by Gasteiger charge is -2.19. The quantitative estimate of drug-likeness (QED) is 0.516. The third-order valence-electron chi connectivity index (χ3n) is 4.37. The summed E-state index contributed by atoms with van der Waals surface area (Å²) in [6.07, 6.45) is 0.479. The van der Waals surface area contributed by atoms with Crippen LogP contribution >= 0.6 is 0 Å². The summed E-state index contributed by atoms with van der Waals surface area (Å²) < 4.78 is 11.2. The fourth-order valence-electron chi connectivity index (χ4n) is 2.86. The molecule has 6 heteroatoms. The predicted octanol–water partition coefficient (Wildman–Crippen LogP) is 4.80. The van der Waals surface area contributed by atoms with Gasteiger partial charge in [0, 0.05) is 16.8 Å². The van der Waals surface area contributed by atoms with Gasteiger partial charge in [-0.15, -0.1) is 10.2 Å². The molecule has 0 fully saturated rings. The van der Waals surface area contributed by atoms with Crippen LogP contribution in [0.4, 0.5) is 5.69 Å². The van der Waals surface area contributed by atoms with E-state index in [-0.39, 0.29) is 5.91 Å². The number of anilines is 1. The largest absolute Gasteiger partial charge is 0.476 e. The van der Waals surface area contributed by atoms with Crippen molar-refractivity contribution in [3.63, 3.8) is 0 Å². The summed E-state index contributed by atoms with van der Waals surface area (Å²) in [6.45, 7) is 2.00. The molecule has 0 unspecified atom stereocenters. The zero-order valence-corrected chi connectivity index (χ0v) is 15.8. The average molecular weight is 385 g/mol. The number of benzene rings is 3. The maximum atomic E-state index is 13.0. The zero-order chi connectivity index (χ0) is 20.1. The van der Waals surface area contributed by atoms with Crippen molar-refractivity contribution >= 4 is 11.6 Å². The second kappa shape index (κ2) is 8.39. The van der Waals surface area contributed by atoms with E-state index in [9.17, 15) is 4.79 Å². The average Bonchev–Trinajstić information content (AvgIpc) is 3.29. The molecule has 0 spiro atoms. The van der Waals surface area contributed by atoms with Crippen LogP contribution in [0, 0.1) is 6.92 Å². The number of hydrogen-bond acceptors (Lipinski definition) is 5. The molecule has 0 aliphatic carbocycles. The second-order valence-electron chi connectivity index (χ2n) is 6.53. The number of aryl methyl sites for hydroxylation is 1. The molecule has 1 atom stereocenters. The molecule has 3 aromatic carbocycles. The van der Waals surface area contributed by atoms with Gasteiger partial charge in [0.2, 0.25) is 18.4 Å². The number of nitrogens with one attached hydrogen (secondary N) is 1. The zero-order valence-electron chi connectivity index (χ0n) is 15.8. The Bertz CT molecular complexity index is 1060. The SMILES string of the molecule is Cc1ccc(NC(=O)[C@@H](Oc2ccc(-c3nnco3)cc2)c2ccccc2)cc1. The smallest absolute Gasteiger partial charge is 0.270 e. The fraction of sp³-hybridized carbons (Fsp3) is 0.0870. The first-order valence-corrected chi connectivity index (χ1v) is 9.15. The summed E-state index contributed by atoms with van der Waals surface area (Å²) in [5, 5.41) is 10.5. The van der Waals surface area contributed by atoms with Crippen LogP contribution in [0.5, 0.6) is 5.75 Å². The van der Waals surface area contributed by atoms with Gasteiger partial charge in [0.1, 0.15) is 5.75 Å². The van der Waals surface area contributed by atoms with E-state index in [1.54, 1.807) is 12.1 Å². The molecule has 4 rings (SSSR count). The minimum atomic E-state index is -0.799. The van der Waals surface area contributed by atoms with E-state index >= 15 is 0 Å². The van der Waals surface area contributed by atoms with Crippen LogP contribution in [0.25, 0.3) is 11.5 Å².